The quantitative estimate of drug-likeness (QED) is 0.400. The van der Waals surface area contributed by atoms with Crippen molar-refractivity contribution in [3.63, 3.8) is 0 Å². The molecular weight excluding hydrogens is 197 g/mol. The fourth-order valence-corrected chi connectivity index (χ4v) is 1.30. The molecule has 0 aliphatic rings. The molecule has 0 aromatic carbocycles. The van der Waals surface area contributed by atoms with Gasteiger partial charge in [-0.2, -0.15) is 0 Å². The second-order valence-electron chi connectivity index (χ2n) is 2.10. The zero-order valence-corrected chi connectivity index (χ0v) is 8.19. The zero-order chi connectivity index (χ0) is 9.14. The van der Waals surface area contributed by atoms with Crippen molar-refractivity contribution in [3.05, 3.63) is 16.1 Å². The molecule has 64 valence electrons. The van der Waals surface area contributed by atoms with E-state index in [1.54, 1.807) is 20.1 Å². The lowest BCUT2D eigenvalue weighted by Crippen LogP contribution is -1.88. The van der Waals surface area contributed by atoms with E-state index in [1.165, 1.54) is 0 Å². The van der Waals surface area contributed by atoms with Crippen LogP contribution in [-0.2, 0) is 0 Å². The van der Waals surface area contributed by atoms with Gasteiger partial charge in [0, 0.05) is 6.21 Å². The Morgan fingerprint density at radius 1 is 1.33 bits per heavy atom. The van der Waals surface area contributed by atoms with Gasteiger partial charge in [-0.05, 0) is 25.4 Å². The van der Waals surface area contributed by atoms with Crippen molar-refractivity contribution in [2.24, 2.45) is 4.99 Å². The van der Waals surface area contributed by atoms with E-state index in [-0.39, 0.29) is 10.4 Å². The predicted molar refractivity (Wildman–Crippen MR) is 50.6 cm³/mol. The van der Waals surface area contributed by atoms with Crippen molar-refractivity contribution in [2.75, 3.05) is 0 Å². The van der Waals surface area contributed by atoms with Crippen molar-refractivity contribution >= 4 is 35.1 Å². The van der Waals surface area contributed by atoms with E-state index < -0.39 is 0 Å². The standard InChI is InChI=1S/C7H7Cl2N3/c1-3-10-5-4(2)11-7(9)12-6(5)8/h3H,1-2H3. The summed E-state index contributed by atoms with van der Waals surface area (Å²) >= 11 is 11.3. The normalized spacial score (nSPS) is 11.0. The first-order chi connectivity index (χ1) is 5.65. The van der Waals surface area contributed by atoms with Crippen LogP contribution in [0.4, 0.5) is 5.69 Å². The Kier molecular flexibility index (Phi) is 3.00. The number of aryl methyl sites for hydroxylation is 1. The average Bonchev–Trinajstić information content (AvgIpc) is 1.96. The van der Waals surface area contributed by atoms with Crippen molar-refractivity contribution < 1.29 is 0 Å². The SMILES string of the molecule is CC=Nc1c(C)nc(Cl)nc1Cl. The molecule has 0 aliphatic heterocycles. The molecule has 1 rings (SSSR count). The number of hydrogen-bond donors (Lipinski definition) is 0. The molecule has 0 amide bonds. The molecule has 0 aliphatic carbocycles. The number of rotatable bonds is 1. The van der Waals surface area contributed by atoms with E-state index in [0.29, 0.717) is 11.4 Å². The van der Waals surface area contributed by atoms with Gasteiger partial charge in [0.2, 0.25) is 5.28 Å². The minimum atomic E-state index is 0.146. The lowest BCUT2D eigenvalue weighted by atomic mass is 10.4. The van der Waals surface area contributed by atoms with Gasteiger partial charge in [0.05, 0.1) is 5.69 Å². The van der Waals surface area contributed by atoms with Crippen LogP contribution >= 0.6 is 23.2 Å². The lowest BCUT2D eigenvalue weighted by Gasteiger charge is -2.00. The molecule has 0 atom stereocenters. The second-order valence-corrected chi connectivity index (χ2v) is 2.80. The highest BCUT2D eigenvalue weighted by atomic mass is 35.5. The Labute approximate surface area is 80.5 Å². The van der Waals surface area contributed by atoms with Crippen LogP contribution in [0.3, 0.4) is 0 Å². The summed E-state index contributed by atoms with van der Waals surface area (Å²) in [6, 6.07) is 0. The molecule has 0 unspecified atom stereocenters. The van der Waals surface area contributed by atoms with E-state index in [0.717, 1.165) is 0 Å². The van der Waals surface area contributed by atoms with Gasteiger partial charge in [-0.15, -0.1) is 0 Å². The average molecular weight is 204 g/mol. The smallest absolute Gasteiger partial charge is 0.224 e. The maximum atomic E-state index is 5.76. The molecule has 0 saturated carbocycles. The molecule has 1 heterocycles. The van der Waals surface area contributed by atoms with Crippen molar-refractivity contribution in [1.29, 1.82) is 0 Å². The van der Waals surface area contributed by atoms with Gasteiger partial charge >= 0.3 is 0 Å². The van der Waals surface area contributed by atoms with Crippen LogP contribution in [0.25, 0.3) is 0 Å². The summed E-state index contributed by atoms with van der Waals surface area (Å²) in [7, 11) is 0. The highest BCUT2D eigenvalue weighted by Gasteiger charge is 2.06. The van der Waals surface area contributed by atoms with Crippen molar-refractivity contribution in [3.8, 4) is 0 Å². The monoisotopic (exact) mass is 203 g/mol. The molecule has 0 radical (unpaired) electrons. The highest BCUT2D eigenvalue weighted by molar-refractivity contribution is 6.33. The van der Waals surface area contributed by atoms with E-state index in [2.05, 4.69) is 15.0 Å². The largest absolute Gasteiger partial charge is 0.256 e. The van der Waals surface area contributed by atoms with Crippen LogP contribution in [0.5, 0.6) is 0 Å². The molecule has 0 bridgehead atoms. The summed E-state index contributed by atoms with van der Waals surface area (Å²) in [5, 5.41) is 0.429. The second kappa shape index (κ2) is 3.83. The summed E-state index contributed by atoms with van der Waals surface area (Å²) < 4.78 is 0. The van der Waals surface area contributed by atoms with Crippen LogP contribution in [0.15, 0.2) is 4.99 Å². The van der Waals surface area contributed by atoms with Crippen LogP contribution < -0.4 is 0 Å². The first kappa shape index (κ1) is 9.42. The van der Waals surface area contributed by atoms with E-state index in [4.69, 9.17) is 23.2 Å². The van der Waals surface area contributed by atoms with Gasteiger partial charge in [-0.3, -0.25) is 4.99 Å². The van der Waals surface area contributed by atoms with Crippen LogP contribution in [0, 0.1) is 6.92 Å². The fourth-order valence-electron chi connectivity index (χ4n) is 0.775. The highest BCUT2D eigenvalue weighted by Crippen LogP contribution is 2.26. The minimum Gasteiger partial charge on any atom is -0.256 e. The van der Waals surface area contributed by atoms with E-state index in [9.17, 15) is 0 Å². The van der Waals surface area contributed by atoms with E-state index >= 15 is 0 Å². The Hall–Kier alpha value is -0.670. The molecule has 0 fully saturated rings. The molecule has 1 aromatic rings. The fraction of sp³-hybridized carbons (Fsp3) is 0.286. The summed E-state index contributed by atoms with van der Waals surface area (Å²) in [4.78, 5) is 11.7. The Balaban J connectivity index is 3.28. The zero-order valence-electron chi connectivity index (χ0n) is 6.67. The molecule has 0 N–H and O–H groups in total. The maximum Gasteiger partial charge on any atom is 0.224 e. The molecule has 0 saturated heterocycles. The molecule has 1 aromatic heterocycles. The van der Waals surface area contributed by atoms with E-state index in [1.807, 2.05) is 0 Å². The van der Waals surface area contributed by atoms with Crippen molar-refractivity contribution in [1.82, 2.24) is 9.97 Å². The minimum absolute atomic E-state index is 0.146. The van der Waals surface area contributed by atoms with Gasteiger partial charge in [0.15, 0.2) is 5.15 Å². The first-order valence-corrected chi connectivity index (χ1v) is 4.09. The Morgan fingerprint density at radius 3 is 2.50 bits per heavy atom. The van der Waals surface area contributed by atoms with Gasteiger partial charge < -0.3 is 0 Å². The van der Waals surface area contributed by atoms with Crippen LogP contribution in [0.2, 0.25) is 10.4 Å². The molecule has 12 heavy (non-hydrogen) atoms. The number of hydrogen-bond acceptors (Lipinski definition) is 3. The number of nitrogens with zero attached hydrogens (tertiary/aromatic N) is 3. The molecule has 5 heteroatoms. The Bertz CT molecular complexity index is 299. The third-order valence-electron chi connectivity index (χ3n) is 1.25. The van der Waals surface area contributed by atoms with Gasteiger partial charge in [0.1, 0.15) is 5.69 Å². The number of aliphatic imine (C=N–C) groups is 1. The maximum absolute atomic E-state index is 5.76. The molecule has 0 spiro atoms. The van der Waals surface area contributed by atoms with Gasteiger partial charge in [-0.1, -0.05) is 11.6 Å². The van der Waals surface area contributed by atoms with Crippen molar-refractivity contribution in [2.45, 2.75) is 13.8 Å². The number of halogens is 2. The third kappa shape index (κ3) is 1.93. The van der Waals surface area contributed by atoms with Gasteiger partial charge in [0.25, 0.3) is 0 Å². The lowest BCUT2D eigenvalue weighted by molar-refractivity contribution is 1.09. The Morgan fingerprint density at radius 2 is 2.00 bits per heavy atom. The summed E-state index contributed by atoms with van der Waals surface area (Å²) in [5.41, 5.74) is 1.25. The summed E-state index contributed by atoms with van der Waals surface area (Å²) in [6.45, 7) is 3.58. The molecule has 3 nitrogen and oxygen atoms in total. The predicted octanol–water partition coefficient (Wildman–Crippen LogP) is 2.81. The summed E-state index contributed by atoms with van der Waals surface area (Å²) in [5.74, 6) is 0. The first-order valence-electron chi connectivity index (χ1n) is 3.33. The topological polar surface area (TPSA) is 38.1 Å². The van der Waals surface area contributed by atoms with Crippen LogP contribution in [-0.4, -0.2) is 16.2 Å². The van der Waals surface area contributed by atoms with Gasteiger partial charge in [-0.25, -0.2) is 9.97 Å². The third-order valence-corrected chi connectivity index (χ3v) is 1.68. The summed E-state index contributed by atoms with van der Waals surface area (Å²) in [6.07, 6.45) is 1.63. The molecular formula is C7H7Cl2N3. The number of aromatic nitrogens is 2. The van der Waals surface area contributed by atoms with Crippen LogP contribution in [0.1, 0.15) is 12.6 Å².